The third-order valence-electron chi connectivity index (χ3n) is 4.13. The first-order chi connectivity index (χ1) is 11.1. The summed E-state index contributed by atoms with van der Waals surface area (Å²) in [6, 6.07) is 15.8. The first kappa shape index (κ1) is 16.0. The maximum absolute atomic E-state index is 12.6. The number of rotatable bonds is 4. The Morgan fingerprint density at radius 2 is 2.09 bits per heavy atom. The van der Waals surface area contributed by atoms with Gasteiger partial charge in [0.2, 0.25) is 5.91 Å². The largest absolute Gasteiger partial charge is 0.352 e. The Kier molecular flexibility index (Phi) is 4.96. The highest BCUT2D eigenvalue weighted by Crippen LogP contribution is 2.26. The van der Waals surface area contributed by atoms with E-state index < -0.39 is 0 Å². The lowest BCUT2D eigenvalue weighted by Gasteiger charge is -2.19. The minimum atomic E-state index is -0.153. The minimum Gasteiger partial charge on any atom is -0.352 e. The van der Waals surface area contributed by atoms with Crippen LogP contribution in [0.2, 0.25) is 5.02 Å². The van der Waals surface area contributed by atoms with Gasteiger partial charge < -0.3 is 5.32 Å². The monoisotopic (exact) mass is 329 g/mol. The molecule has 0 aliphatic carbocycles. The summed E-state index contributed by atoms with van der Waals surface area (Å²) in [6.07, 6.45) is 0. The molecule has 1 heterocycles. The van der Waals surface area contributed by atoms with Gasteiger partial charge in [0, 0.05) is 18.1 Å². The van der Waals surface area contributed by atoms with Crippen molar-refractivity contribution in [3.05, 3.63) is 70.2 Å². The van der Waals surface area contributed by atoms with E-state index in [0.717, 1.165) is 11.1 Å². The number of hydrogen-bond acceptors (Lipinski definition) is 3. The molecule has 120 valence electrons. The van der Waals surface area contributed by atoms with Crippen molar-refractivity contribution in [3.63, 3.8) is 0 Å². The van der Waals surface area contributed by atoms with Gasteiger partial charge in [-0.3, -0.25) is 10.2 Å². The molecule has 2 atom stereocenters. The second-order valence-corrected chi connectivity index (χ2v) is 6.24. The van der Waals surface area contributed by atoms with Gasteiger partial charge >= 0.3 is 0 Å². The number of carbonyl (C=O) groups is 1. The summed E-state index contributed by atoms with van der Waals surface area (Å²) in [5.74, 6) is -0.131. The summed E-state index contributed by atoms with van der Waals surface area (Å²) in [7, 11) is 0. The molecule has 0 saturated carbocycles. The molecule has 2 aromatic carbocycles. The number of carbonyl (C=O) groups excluding carboxylic acids is 1. The van der Waals surface area contributed by atoms with Crippen LogP contribution in [-0.4, -0.2) is 12.5 Å². The first-order valence-corrected chi connectivity index (χ1v) is 8.09. The van der Waals surface area contributed by atoms with Gasteiger partial charge in [0.05, 0.1) is 12.0 Å². The fraction of sp³-hybridized carbons (Fsp3) is 0.278. The molecule has 4 nitrogen and oxygen atoms in total. The molecule has 2 aromatic rings. The minimum absolute atomic E-state index is 0.0222. The van der Waals surface area contributed by atoms with Gasteiger partial charge in [-0.25, -0.2) is 5.43 Å². The number of benzene rings is 2. The highest BCUT2D eigenvalue weighted by molar-refractivity contribution is 6.31. The Balaban J connectivity index is 1.68. The maximum atomic E-state index is 12.6. The summed E-state index contributed by atoms with van der Waals surface area (Å²) in [4.78, 5) is 12.6. The lowest BCUT2D eigenvalue weighted by molar-refractivity contribution is -0.125. The second kappa shape index (κ2) is 7.13. The van der Waals surface area contributed by atoms with Gasteiger partial charge in [-0.1, -0.05) is 59.6 Å². The molecule has 23 heavy (non-hydrogen) atoms. The number of hydrazine groups is 1. The molecule has 5 heteroatoms. The highest BCUT2D eigenvalue weighted by Gasteiger charge is 2.33. The van der Waals surface area contributed by atoms with E-state index in [1.807, 2.05) is 36.4 Å². The maximum Gasteiger partial charge on any atom is 0.226 e. The number of nitrogens with one attached hydrogen (secondary N) is 3. The Hall–Kier alpha value is -1.88. The smallest absolute Gasteiger partial charge is 0.226 e. The van der Waals surface area contributed by atoms with Crippen LogP contribution in [0.4, 0.5) is 0 Å². The molecular formula is C18H20ClN3O. The van der Waals surface area contributed by atoms with Crippen LogP contribution in [-0.2, 0) is 11.3 Å². The zero-order chi connectivity index (χ0) is 16.2. The van der Waals surface area contributed by atoms with E-state index in [4.69, 9.17) is 11.6 Å². The molecule has 0 radical (unpaired) electrons. The molecular weight excluding hydrogens is 310 g/mol. The average Bonchev–Trinajstić information content (AvgIpc) is 3.03. The predicted octanol–water partition coefficient (Wildman–Crippen LogP) is 2.73. The van der Waals surface area contributed by atoms with Crippen LogP contribution in [0.1, 0.15) is 22.7 Å². The van der Waals surface area contributed by atoms with Crippen LogP contribution in [0.15, 0.2) is 48.5 Å². The topological polar surface area (TPSA) is 53.2 Å². The van der Waals surface area contributed by atoms with Gasteiger partial charge in [-0.15, -0.1) is 0 Å². The van der Waals surface area contributed by atoms with Crippen molar-refractivity contribution < 1.29 is 4.79 Å². The Morgan fingerprint density at radius 3 is 2.87 bits per heavy atom. The fourth-order valence-electron chi connectivity index (χ4n) is 2.88. The SMILES string of the molecule is Cc1cccc(C2NNCC2C(=O)NCc2ccccc2Cl)c1. The van der Waals surface area contributed by atoms with Crippen molar-refractivity contribution in [2.75, 3.05) is 6.54 Å². The molecule has 0 bridgehead atoms. The van der Waals surface area contributed by atoms with Gasteiger partial charge in [0.25, 0.3) is 0 Å². The van der Waals surface area contributed by atoms with Crippen LogP contribution < -0.4 is 16.2 Å². The molecule has 0 spiro atoms. The lowest BCUT2D eigenvalue weighted by Crippen LogP contribution is -2.34. The molecule has 1 saturated heterocycles. The zero-order valence-electron chi connectivity index (χ0n) is 13.0. The van der Waals surface area contributed by atoms with Gasteiger partial charge in [0.1, 0.15) is 0 Å². The number of hydrogen-bond donors (Lipinski definition) is 3. The molecule has 1 amide bonds. The molecule has 3 N–H and O–H groups in total. The predicted molar refractivity (Wildman–Crippen MR) is 91.8 cm³/mol. The summed E-state index contributed by atoms with van der Waals surface area (Å²) < 4.78 is 0. The van der Waals surface area contributed by atoms with E-state index in [9.17, 15) is 4.79 Å². The van der Waals surface area contributed by atoms with Crippen LogP contribution >= 0.6 is 11.6 Å². The van der Waals surface area contributed by atoms with E-state index in [-0.39, 0.29) is 17.9 Å². The highest BCUT2D eigenvalue weighted by atomic mass is 35.5. The number of aryl methyl sites for hydroxylation is 1. The summed E-state index contributed by atoms with van der Waals surface area (Å²) in [6.45, 7) is 3.10. The molecule has 1 aliphatic rings. The van der Waals surface area contributed by atoms with Crippen LogP contribution in [0.3, 0.4) is 0 Å². The van der Waals surface area contributed by atoms with E-state index in [1.165, 1.54) is 5.56 Å². The van der Waals surface area contributed by atoms with Gasteiger partial charge in [-0.2, -0.15) is 0 Å². The molecule has 1 aliphatic heterocycles. The first-order valence-electron chi connectivity index (χ1n) is 7.71. The number of amides is 1. The Bertz CT molecular complexity index is 704. The van der Waals surface area contributed by atoms with Crippen molar-refractivity contribution in [3.8, 4) is 0 Å². The zero-order valence-corrected chi connectivity index (χ0v) is 13.7. The Morgan fingerprint density at radius 1 is 1.26 bits per heavy atom. The molecule has 1 fully saturated rings. The Labute approximate surface area is 141 Å². The lowest BCUT2D eigenvalue weighted by atomic mass is 9.93. The van der Waals surface area contributed by atoms with E-state index >= 15 is 0 Å². The van der Waals surface area contributed by atoms with Crippen LogP contribution in [0.25, 0.3) is 0 Å². The van der Waals surface area contributed by atoms with E-state index in [2.05, 4.69) is 35.2 Å². The van der Waals surface area contributed by atoms with Gasteiger partial charge in [-0.05, 0) is 24.1 Å². The van der Waals surface area contributed by atoms with E-state index in [0.29, 0.717) is 18.1 Å². The van der Waals surface area contributed by atoms with Crippen molar-refractivity contribution >= 4 is 17.5 Å². The molecule has 3 rings (SSSR count). The normalized spacial score (nSPS) is 20.4. The van der Waals surface area contributed by atoms with Crippen molar-refractivity contribution in [1.82, 2.24) is 16.2 Å². The van der Waals surface area contributed by atoms with Crippen molar-refractivity contribution in [2.45, 2.75) is 19.5 Å². The second-order valence-electron chi connectivity index (χ2n) is 5.83. The summed E-state index contributed by atoms with van der Waals surface area (Å²) in [5.41, 5.74) is 9.53. The van der Waals surface area contributed by atoms with Crippen molar-refractivity contribution in [1.29, 1.82) is 0 Å². The average molecular weight is 330 g/mol. The molecule has 0 aromatic heterocycles. The van der Waals surface area contributed by atoms with Crippen LogP contribution in [0.5, 0.6) is 0 Å². The standard InChI is InChI=1S/C18H20ClN3O/c1-12-5-4-7-13(9-12)17-15(11-21-22-17)18(23)20-10-14-6-2-3-8-16(14)19/h2-9,15,17,21-22H,10-11H2,1H3,(H,20,23). The summed E-state index contributed by atoms with van der Waals surface area (Å²) in [5, 5.41) is 3.66. The summed E-state index contributed by atoms with van der Waals surface area (Å²) >= 11 is 6.13. The van der Waals surface area contributed by atoms with E-state index in [1.54, 1.807) is 0 Å². The van der Waals surface area contributed by atoms with Crippen molar-refractivity contribution in [2.24, 2.45) is 5.92 Å². The van der Waals surface area contributed by atoms with Crippen LogP contribution in [0, 0.1) is 12.8 Å². The fourth-order valence-corrected chi connectivity index (χ4v) is 3.08. The third kappa shape index (κ3) is 3.72. The van der Waals surface area contributed by atoms with Gasteiger partial charge in [0.15, 0.2) is 0 Å². The molecule has 2 unspecified atom stereocenters. The quantitative estimate of drug-likeness (QED) is 0.808. The number of halogens is 1. The third-order valence-corrected chi connectivity index (χ3v) is 4.50.